The molecular weight excluding hydrogens is 262 g/mol. The lowest BCUT2D eigenvalue weighted by Gasteiger charge is -2.23. The second-order valence-corrected chi connectivity index (χ2v) is 4.75. The SMILES string of the molecule is C=CN(c1ccccc1C)c1nc(NCCN)ncc1C. The van der Waals surface area contributed by atoms with Gasteiger partial charge in [0.1, 0.15) is 5.82 Å². The highest BCUT2D eigenvalue weighted by Crippen LogP contribution is 2.29. The van der Waals surface area contributed by atoms with Gasteiger partial charge < -0.3 is 16.0 Å². The van der Waals surface area contributed by atoms with Crippen molar-refractivity contribution in [2.45, 2.75) is 13.8 Å². The van der Waals surface area contributed by atoms with Crippen LogP contribution in [0.3, 0.4) is 0 Å². The molecule has 0 spiro atoms. The average molecular weight is 283 g/mol. The predicted octanol–water partition coefficient (Wildman–Crippen LogP) is 2.75. The van der Waals surface area contributed by atoms with Crippen molar-refractivity contribution in [1.29, 1.82) is 0 Å². The van der Waals surface area contributed by atoms with E-state index in [-0.39, 0.29) is 0 Å². The van der Waals surface area contributed by atoms with Crippen molar-refractivity contribution in [3.63, 3.8) is 0 Å². The van der Waals surface area contributed by atoms with Crippen LogP contribution in [0.25, 0.3) is 0 Å². The summed E-state index contributed by atoms with van der Waals surface area (Å²) in [5.74, 6) is 1.38. The summed E-state index contributed by atoms with van der Waals surface area (Å²) in [6.45, 7) is 9.14. The van der Waals surface area contributed by atoms with Crippen LogP contribution in [-0.4, -0.2) is 23.1 Å². The standard InChI is InChI=1S/C16H21N5/c1-4-21(14-8-6-5-7-12(14)2)15-13(3)11-19-16(20-15)18-10-9-17/h4-8,11H,1,9-10,17H2,2-3H3,(H,18,19,20). The molecule has 5 nitrogen and oxygen atoms in total. The Labute approximate surface area is 125 Å². The van der Waals surface area contributed by atoms with E-state index in [9.17, 15) is 0 Å². The summed E-state index contributed by atoms with van der Waals surface area (Å²) in [4.78, 5) is 10.8. The maximum absolute atomic E-state index is 5.50. The van der Waals surface area contributed by atoms with Crippen LogP contribution in [0.15, 0.2) is 43.2 Å². The third kappa shape index (κ3) is 3.38. The second kappa shape index (κ2) is 6.85. The van der Waals surface area contributed by atoms with Crippen LogP contribution in [0.1, 0.15) is 11.1 Å². The fourth-order valence-electron chi connectivity index (χ4n) is 2.08. The van der Waals surface area contributed by atoms with E-state index in [2.05, 4.69) is 34.9 Å². The van der Waals surface area contributed by atoms with Crippen molar-refractivity contribution < 1.29 is 0 Å². The number of aryl methyl sites for hydroxylation is 2. The first kappa shape index (κ1) is 15.0. The minimum atomic E-state index is 0.537. The number of hydrogen-bond acceptors (Lipinski definition) is 5. The summed E-state index contributed by atoms with van der Waals surface area (Å²) in [5, 5.41) is 3.10. The number of nitrogens with zero attached hydrogens (tertiary/aromatic N) is 3. The van der Waals surface area contributed by atoms with Crippen molar-refractivity contribution in [3.05, 3.63) is 54.4 Å². The molecule has 1 aromatic heterocycles. The van der Waals surface area contributed by atoms with Gasteiger partial charge in [0.15, 0.2) is 0 Å². The summed E-state index contributed by atoms with van der Waals surface area (Å²) in [6, 6.07) is 8.13. The van der Waals surface area contributed by atoms with Crippen LogP contribution in [0.2, 0.25) is 0 Å². The van der Waals surface area contributed by atoms with Gasteiger partial charge in [0, 0.05) is 36.7 Å². The van der Waals surface area contributed by atoms with Gasteiger partial charge in [-0.05, 0) is 25.5 Å². The molecule has 2 rings (SSSR count). The molecule has 1 heterocycles. The van der Waals surface area contributed by atoms with Gasteiger partial charge in [-0.2, -0.15) is 4.98 Å². The van der Waals surface area contributed by atoms with Crippen LogP contribution in [0.5, 0.6) is 0 Å². The fraction of sp³-hybridized carbons (Fsp3) is 0.250. The van der Waals surface area contributed by atoms with Crippen molar-refractivity contribution >= 4 is 17.5 Å². The van der Waals surface area contributed by atoms with Gasteiger partial charge in [-0.3, -0.25) is 0 Å². The second-order valence-electron chi connectivity index (χ2n) is 4.75. The molecule has 0 aliphatic rings. The molecule has 21 heavy (non-hydrogen) atoms. The molecule has 0 unspecified atom stereocenters. The molecule has 2 aromatic rings. The Morgan fingerprint density at radius 2 is 2.05 bits per heavy atom. The molecule has 3 N–H and O–H groups in total. The number of anilines is 3. The molecular formula is C16H21N5. The summed E-state index contributed by atoms with van der Waals surface area (Å²) in [5.41, 5.74) is 8.69. The summed E-state index contributed by atoms with van der Waals surface area (Å²) >= 11 is 0. The molecule has 0 aliphatic carbocycles. The molecule has 0 fully saturated rings. The maximum atomic E-state index is 5.50. The zero-order valence-electron chi connectivity index (χ0n) is 12.5. The van der Waals surface area contributed by atoms with E-state index in [1.165, 1.54) is 0 Å². The van der Waals surface area contributed by atoms with Gasteiger partial charge >= 0.3 is 0 Å². The minimum Gasteiger partial charge on any atom is -0.353 e. The van der Waals surface area contributed by atoms with Crippen LogP contribution in [0.4, 0.5) is 17.5 Å². The number of hydrogen-bond donors (Lipinski definition) is 2. The number of aromatic nitrogens is 2. The zero-order valence-corrected chi connectivity index (χ0v) is 12.5. The molecule has 5 heteroatoms. The van der Waals surface area contributed by atoms with E-state index >= 15 is 0 Å². The van der Waals surface area contributed by atoms with Gasteiger partial charge in [0.05, 0.1) is 0 Å². The fourth-order valence-corrected chi connectivity index (χ4v) is 2.08. The molecule has 0 saturated carbocycles. The lowest BCUT2D eigenvalue weighted by molar-refractivity contribution is 0.978. The highest BCUT2D eigenvalue weighted by molar-refractivity contribution is 5.68. The number of para-hydroxylation sites is 1. The number of nitrogens with one attached hydrogen (secondary N) is 1. The van der Waals surface area contributed by atoms with Gasteiger partial charge in [-0.25, -0.2) is 4.98 Å². The molecule has 0 bridgehead atoms. The van der Waals surface area contributed by atoms with E-state index < -0.39 is 0 Å². The Kier molecular flexibility index (Phi) is 4.90. The molecule has 0 saturated heterocycles. The smallest absolute Gasteiger partial charge is 0.224 e. The van der Waals surface area contributed by atoms with Gasteiger partial charge in [-0.1, -0.05) is 24.8 Å². The molecule has 1 aromatic carbocycles. The predicted molar refractivity (Wildman–Crippen MR) is 87.8 cm³/mol. The van der Waals surface area contributed by atoms with Crippen molar-refractivity contribution in [1.82, 2.24) is 9.97 Å². The summed E-state index contributed by atoms with van der Waals surface area (Å²) in [7, 11) is 0. The lowest BCUT2D eigenvalue weighted by atomic mass is 10.1. The molecule has 0 amide bonds. The van der Waals surface area contributed by atoms with E-state index in [4.69, 9.17) is 5.73 Å². The quantitative estimate of drug-likeness (QED) is 0.853. The highest BCUT2D eigenvalue weighted by Gasteiger charge is 2.13. The first-order chi connectivity index (χ1) is 10.2. The van der Waals surface area contributed by atoms with Crippen molar-refractivity contribution in [2.75, 3.05) is 23.3 Å². The Bertz CT molecular complexity index is 624. The first-order valence-corrected chi connectivity index (χ1v) is 6.92. The monoisotopic (exact) mass is 283 g/mol. The summed E-state index contributed by atoms with van der Waals surface area (Å²) in [6.07, 6.45) is 3.57. The summed E-state index contributed by atoms with van der Waals surface area (Å²) < 4.78 is 0. The third-order valence-electron chi connectivity index (χ3n) is 3.16. The Hall–Kier alpha value is -2.40. The molecule has 0 radical (unpaired) electrons. The molecule has 0 atom stereocenters. The van der Waals surface area contributed by atoms with Crippen molar-refractivity contribution in [3.8, 4) is 0 Å². The lowest BCUT2D eigenvalue weighted by Crippen LogP contribution is -2.17. The first-order valence-electron chi connectivity index (χ1n) is 6.92. The van der Waals surface area contributed by atoms with E-state index in [1.54, 1.807) is 12.4 Å². The van der Waals surface area contributed by atoms with Crippen LogP contribution in [0, 0.1) is 13.8 Å². The van der Waals surface area contributed by atoms with E-state index in [1.807, 2.05) is 30.0 Å². The Balaban J connectivity index is 2.42. The Morgan fingerprint density at radius 3 is 2.71 bits per heavy atom. The van der Waals surface area contributed by atoms with Crippen LogP contribution in [-0.2, 0) is 0 Å². The maximum Gasteiger partial charge on any atom is 0.224 e. The molecule has 0 aliphatic heterocycles. The number of nitrogens with two attached hydrogens (primary N) is 1. The Morgan fingerprint density at radius 1 is 1.29 bits per heavy atom. The topological polar surface area (TPSA) is 67.1 Å². The van der Waals surface area contributed by atoms with Crippen LogP contribution < -0.4 is 16.0 Å². The number of rotatable bonds is 6. The largest absolute Gasteiger partial charge is 0.353 e. The normalized spacial score (nSPS) is 10.2. The minimum absolute atomic E-state index is 0.537. The zero-order chi connectivity index (χ0) is 15.2. The third-order valence-corrected chi connectivity index (χ3v) is 3.16. The van der Waals surface area contributed by atoms with Gasteiger partial charge in [-0.15, -0.1) is 0 Å². The van der Waals surface area contributed by atoms with Gasteiger partial charge in [0.25, 0.3) is 0 Å². The van der Waals surface area contributed by atoms with Gasteiger partial charge in [0.2, 0.25) is 5.95 Å². The van der Waals surface area contributed by atoms with Crippen LogP contribution >= 0.6 is 0 Å². The van der Waals surface area contributed by atoms with E-state index in [0.717, 1.165) is 22.6 Å². The molecule has 110 valence electrons. The van der Waals surface area contributed by atoms with E-state index in [0.29, 0.717) is 19.0 Å². The highest BCUT2D eigenvalue weighted by atomic mass is 15.2. The van der Waals surface area contributed by atoms with Crippen molar-refractivity contribution in [2.24, 2.45) is 5.73 Å². The average Bonchev–Trinajstić information content (AvgIpc) is 2.50. The number of benzene rings is 1.